The molecule has 0 saturated heterocycles. The van der Waals surface area contributed by atoms with Gasteiger partial charge in [-0.05, 0) is 30.0 Å². The molecule has 2 N–H and O–H groups in total. The summed E-state index contributed by atoms with van der Waals surface area (Å²) in [5.74, 6) is -0.566. The summed E-state index contributed by atoms with van der Waals surface area (Å²) in [4.78, 5) is 13.3. The molecule has 0 unspecified atom stereocenters. The van der Waals surface area contributed by atoms with E-state index in [4.69, 9.17) is 10.5 Å². The fourth-order valence-electron chi connectivity index (χ4n) is 4.24. The highest BCUT2D eigenvalue weighted by atomic mass is 32.2. The number of sulfone groups is 1. The zero-order valence-corrected chi connectivity index (χ0v) is 18.1. The van der Waals surface area contributed by atoms with Crippen molar-refractivity contribution < 1.29 is 17.9 Å². The van der Waals surface area contributed by atoms with Crippen molar-refractivity contribution in [1.82, 2.24) is 0 Å². The Labute approximate surface area is 177 Å². The molecule has 0 spiro atoms. The molecule has 5 nitrogen and oxygen atoms in total. The standard InChI is InChI=1S/C24H25NO4S/c1-15-9-11-16(12-10-15)20-21-18(26)13-24(2,3)14-19(21)29-23(25)22(20)30(27,28)17-7-5-4-6-8-17/h4-12,20H,13-14,25H2,1-3H3/t20-/m1/s1. The summed E-state index contributed by atoms with van der Waals surface area (Å²) in [6.45, 7) is 5.95. The molecular weight excluding hydrogens is 398 g/mol. The van der Waals surface area contributed by atoms with Crippen LogP contribution in [0.25, 0.3) is 0 Å². The highest BCUT2D eigenvalue weighted by Gasteiger charge is 2.46. The van der Waals surface area contributed by atoms with Gasteiger partial charge in [-0.2, -0.15) is 0 Å². The third-order valence-corrected chi connectivity index (χ3v) is 7.57. The van der Waals surface area contributed by atoms with Gasteiger partial charge < -0.3 is 10.5 Å². The van der Waals surface area contributed by atoms with Gasteiger partial charge in [0.1, 0.15) is 10.7 Å². The molecular formula is C24H25NO4S. The average molecular weight is 424 g/mol. The SMILES string of the molecule is Cc1ccc([C@@H]2C3=C(CC(C)(C)CC3=O)OC(N)=C2S(=O)(=O)c2ccccc2)cc1. The van der Waals surface area contributed by atoms with Crippen LogP contribution >= 0.6 is 0 Å². The van der Waals surface area contributed by atoms with E-state index >= 15 is 0 Å². The third kappa shape index (κ3) is 3.45. The van der Waals surface area contributed by atoms with Gasteiger partial charge in [0.05, 0.1) is 10.8 Å². The molecule has 4 rings (SSSR count). The normalized spacial score (nSPS) is 21.3. The largest absolute Gasteiger partial charge is 0.444 e. The summed E-state index contributed by atoms with van der Waals surface area (Å²) in [7, 11) is -3.98. The van der Waals surface area contributed by atoms with Crippen molar-refractivity contribution >= 4 is 15.6 Å². The van der Waals surface area contributed by atoms with Crippen LogP contribution in [0.2, 0.25) is 0 Å². The molecule has 0 fully saturated rings. The Morgan fingerprint density at radius 2 is 1.63 bits per heavy atom. The van der Waals surface area contributed by atoms with Crippen molar-refractivity contribution in [1.29, 1.82) is 0 Å². The maximum atomic E-state index is 13.6. The number of allylic oxidation sites excluding steroid dienone is 3. The summed E-state index contributed by atoms with van der Waals surface area (Å²) in [5, 5.41) is 0. The minimum Gasteiger partial charge on any atom is -0.444 e. The summed E-state index contributed by atoms with van der Waals surface area (Å²) in [6.07, 6.45) is 0.853. The lowest BCUT2D eigenvalue weighted by atomic mass is 9.72. The molecule has 0 amide bonds. The number of rotatable bonds is 3. The monoisotopic (exact) mass is 423 g/mol. The molecule has 1 heterocycles. The van der Waals surface area contributed by atoms with Crippen LogP contribution < -0.4 is 5.73 Å². The summed E-state index contributed by atoms with van der Waals surface area (Å²) in [5.41, 5.74) is 8.12. The van der Waals surface area contributed by atoms with E-state index in [1.165, 1.54) is 12.1 Å². The molecule has 30 heavy (non-hydrogen) atoms. The molecule has 1 aliphatic heterocycles. The van der Waals surface area contributed by atoms with Crippen LogP contribution in [0.15, 0.2) is 81.6 Å². The molecule has 6 heteroatoms. The number of nitrogens with two attached hydrogens (primary N) is 1. The quantitative estimate of drug-likeness (QED) is 0.793. The van der Waals surface area contributed by atoms with Crippen LogP contribution in [0.5, 0.6) is 0 Å². The number of carbonyl (C=O) groups excluding carboxylic acids is 1. The number of aryl methyl sites for hydroxylation is 1. The van der Waals surface area contributed by atoms with Crippen molar-refractivity contribution in [2.24, 2.45) is 11.1 Å². The first kappa shape index (κ1) is 20.4. The first-order valence-electron chi connectivity index (χ1n) is 9.90. The van der Waals surface area contributed by atoms with Crippen LogP contribution in [0.1, 0.15) is 43.7 Å². The zero-order chi connectivity index (χ0) is 21.7. The fourth-order valence-corrected chi connectivity index (χ4v) is 5.88. The molecule has 1 aliphatic carbocycles. The van der Waals surface area contributed by atoms with Crippen LogP contribution in [0.4, 0.5) is 0 Å². The minimum atomic E-state index is -3.98. The number of benzene rings is 2. The van der Waals surface area contributed by atoms with Crippen LogP contribution in [0.3, 0.4) is 0 Å². The predicted molar refractivity (Wildman–Crippen MR) is 115 cm³/mol. The topological polar surface area (TPSA) is 86.5 Å². The number of hydrogen-bond donors (Lipinski definition) is 1. The Morgan fingerprint density at radius 1 is 1.00 bits per heavy atom. The van der Waals surface area contributed by atoms with Crippen molar-refractivity contribution in [3.05, 3.63) is 87.8 Å². The van der Waals surface area contributed by atoms with Crippen LogP contribution in [-0.4, -0.2) is 14.2 Å². The fraction of sp³-hybridized carbons (Fsp3) is 0.292. The Hall–Kier alpha value is -2.86. The number of Topliss-reactive ketones (excluding diaryl/α,β-unsaturated/α-hetero) is 1. The molecule has 0 bridgehead atoms. The lowest BCUT2D eigenvalue weighted by Gasteiger charge is -2.38. The van der Waals surface area contributed by atoms with E-state index < -0.39 is 15.8 Å². The third-order valence-electron chi connectivity index (χ3n) is 5.66. The van der Waals surface area contributed by atoms with E-state index in [0.29, 0.717) is 29.7 Å². The minimum absolute atomic E-state index is 0.0654. The predicted octanol–water partition coefficient (Wildman–Crippen LogP) is 4.35. The Bertz CT molecular complexity index is 1170. The maximum absolute atomic E-state index is 13.6. The van der Waals surface area contributed by atoms with Gasteiger partial charge in [-0.1, -0.05) is 61.9 Å². The summed E-state index contributed by atoms with van der Waals surface area (Å²) < 4.78 is 33.0. The number of carbonyl (C=O) groups is 1. The van der Waals surface area contributed by atoms with Gasteiger partial charge in [-0.15, -0.1) is 0 Å². The van der Waals surface area contributed by atoms with Gasteiger partial charge in [0.2, 0.25) is 15.7 Å². The molecule has 0 radical (unpaired) electrons. The molecule has 0 aromatic heterocycles. The van der Waals surface area contributed by atoms with Crippen LogP contribution in [0, 0.1) is 12.3 Å². The van der Waals surface area contributed by atoms with Crippen molar-refractivity contribution in [3.63, 3.8) is 0 Å². The second-order valence-electron chi connectivity index (χ2n) is 8.77. The molecule has 2 aromatic carbocycles. The second-order valence-corrected chi connectivity index (χ2v) is 10.7. The average Bonchev–Trinajstić information content (AvgIpc) is 2.67. The second kappa shape index (κ2) is 7.13. The van der Waals surface area contributed by atoms with Gasteiger partial charge in [0, 0.05) is 18.4 Å². The molecule has 2 aliphatic rings. The van der Waals surface area contributed by atoms with E-state index in [9.17, 15) is 13.2 Å². The Balaban J connectivity index is 1.96. The van der Waals surface area contributed by atoms with Gasteiger partial charge in [-0.25, -0.2) is 8.42 Å². The Kier molecular flexibility index (Phi) is 4.85. The number of hydrogen-bond acceptors (Lipinski definition) is 5. The maximum Gasteiger partial charge on any atom is 0.208 e. The first-order valence-corrected chi connectivity index (χ1v) is 11.4. The van der Waals surface area contributed by atoms with E-state index in [0.717, 1.165) is 5.56 Å². The first-order chi connectivity index (χ1) is 14.1. The molecule has 0 saturated carbocycles. The highest BCUT2D eigenvalue weighted by Crippen LogP contribution is 2.50. The van der Waals surface area contributed by atoms with Gasteiger partial charge in [0.15, 0.2) is 5.78 Å². The number of ketones is 1. The lowest BCUT2D eigenvalue weighted by Crippen LogP contribution is -2.35. The molecule has 2 aromatic rings. The van der Waals surface area contributed by atoms with Crippen LogP contribution in [-0.2, 0) is 19.4 Å². The number of ether oxygens (including phenoxy) is 1. The van der Waals surface area contributed by atoms with Gasteiger partial charge in [0.25, 0.3) is 0 Å². The van der Waals surface area contributed by atoms with E-state index in [1.54, 1.807) is 18.2 Å². The highest BCUT2D eigenvalue weighted by molar-refractivity contribution is 7.95. The van der Waals surface area contributed by atoms with E-state index in [2.05, 4.69) is 0 Å². The Morgan fingerprint density at radius 3 is 2.27 bits per heavy atom. The van der Waals surface area contributed by atoms with E-state index in [1.807, 2.05) is 45.0 Å². The van der Waals surface area contributed by atoms with E-state index in [-0.39, 0.29) is 26.9 Å². The lowest BCUT2D eigenvalue weighted by molar-refractivity contribution is -0.119. The zero-order valence-electron chi connectivity index (χ0n) is 17.3. The van der Waals surface area contributed by atoms with Crippen molar-refractivity contribution in [3.8, 4) is 0 Å². The molecule has 156 valence electrons. The van der Waals surface area contributed by atoms with Gasteiger partial charge >= 0.3 is 0 Å². The smallest absolute Gasteiger partial charge is 0.208 e. The van der Waals surface area contributed by atoms with Gasteiger partial charge in [-0.3, -0.25) is 4.79 Å². The van der Waals surface area contributed by atoms with Crippen molar-refractivity contribution in [2.75, 3.05) is 0 Å². The summed E-state index contributed by atoms with van der Waals surface area (Å²) >= 11 is 0. The van der Waals surface area contributed by atoms with Crippen molar-refractivity contribution in [2.45, 2.75) is 44.4 Å². The summed E-state index contributed by atoms with van der Waals surface area (Å²) in [6, 6.07) is 15.7. The molecule has 1 atom stereocenters.